The second-order valence-corrected chi connectivity index (χ2v) is 6.54. The van der Waals surface area contributed by atoms with E-state index in [0.29, 0.717) is 5.69 Å². The number of hydrogen-bond acceptors (Lipinski definition) is 3. The second-order valence-electron chi connectivity index (χ2n) is 5.63. The van der Waals surface area contributed by atoms with Gasteiger partial charge < -0.3 is 4.90 Å². The fourth-order valence-electron chi connectivity index (χ4n) is 2.94. The molecule has 2 fully saturated rings. The third kappa shape index (κ3) is 3.04. The molecule has 2 aliphatic rings. The van der Waals surface area contributed by atoms with Gasteiger partial charge in [-0.15, -0.1) is 0 Å². The average Bonchev–Trinajstić information content (AvgIpc) is 2.62. The third-order valence-corrected chi connectivity index (χ3v) is 4.84. The van der Waals surface area contributed by atoms with Crippen molar-refractivity contribution < 1.29 is 4.79 Å². The van der Waals surface area contributed by atoms with Gasteiger partial charge in [-0.2, -0.15) is 0 Å². The summed E-state index contributed by atoms with van der Waals surface area (Å²) in [5, 5.41) is 0. The largest absolute Gasteiger partial charge is 0.336 e. The quantitative estimate of drug-likeness (QED) is 0.832. The molecular formula is C15H20BrN3O. The van der Waals surface area contributed by atoms with E-state index in [1.54, 1.807) is 12.3 Å². The minimum atomic E-state index is 0.0572. The summed E-state index contributed by atoms with van der Waals surface area (Å²) in [6, 6.07) is 4.42. The van der Waals surface area contributed by atoms with E-state index in [9.17, 15) is 4.79 Å². The molecule has 0 unspecified atom stereocenters. The number of nitrogens with zero attached hydrogens (tertiary/aromatic N) is 3. The molecule has 1 aromatic rings. The van der Waals surface area contributed by atoms with E-state index in [1.807, 2.05) is 11.0 Å². The molecule has 1 aliphatic heterocycles. The monoisotopic (exact) mass is 337 g/mol. The number of amides is 1. The van der Waals surface area contributed by atoms with Gasteiger partial charge in [0.15, 0.2) is 0 Å². The number of hydrogen-bond donors (Lipinski definition) is 0. The van der Waals surface area contributed by atoms with Crippen molar-refractivity contribution in [2.75, 3.05) is 26.2 Å². The van der Waals surface area contributed by atoms with Gasteiger partial charge in [-0.05, 0) is 31.4 Å². The molecule has 0 radical (unpaired) electrons. The van der Waals surface area contributed by atoms with Crippen molar-refractivity contribution in [3.05, 3.63) is 28.5 Å². The van der Waals surface area contributed by atoms with Crippen LogP contribution in [0.1, 0.15) is 36.2 Å². The number of rotatable bonds is 2. The van der Waals surface area contributed by atoms with Crippen molar-refractivity contribution >= 4 is 21.8 Å². The fraction of sp³-hybridized carbons (Fsp3) is 0.600. The van der Waals surface area contributed by atoms with Gasteiger partial charge >= 0.3 is 0 Å². The van der Waals surface area contributed by atoms with E-state index in [-0.39, 0.29) is 5.91 Å². The molecule has 108 valence electrons. The summed E-state index contributed by atoms with van der Waals surface area (Å²) in [5.74, 6) is 0.0572. The molecule has 1 aliphatic carbocycles. The van der Waals surface area contributed by atoms with Crippen molar-refractivity contribution in [2.24, 2.45) is 0 Å². The number of halogens is 1. The Morgan fingerprint density at radius 3 is 2.75 bits per heavy atom. The first-order valence-electron chi connectivity index (χ1n) is 7.39. The van der Waals surface area contributed by atoms with Crippen molar-refractivity contribution in [3.8, 4) is 0 Å². The summed E-state index contributed by atoms with van der Waals surface area (Å²) < 4.78 is 0.904. The van der Waals surface area contributed by atoms with Crippen molar-refractivity contribution in [1.82, 2.24) is 14.8 Å². The summed E-state index contributed by atoms with van der Waals surface area (Å²) >= 11 is 3.40. The third-order valence-electron chi connectivity index (χ3n) is 4.35. The van der Waals surface area contributed by atoms with Gasteiger partial charge in [0.1, 0.15) is 5.69 Å². The van der Waals surface area contributed by atoms with Crippen LogP contribution in [0.4, 0.5) is 0 Å². The molecule has 1 saturated carbocycles. The topological polar surface area (TPSA) is 36.4 Å². The molecule has 1 saturated heterocycles. The zero-order chi connectivity index (χ0) is 13.9. The van der Waals surface area contributed by atoms with E-state index in [1.165, 1.54) is 19.3 Å². The first kappa shape index (κ1) is 14.0. The maximum Gasteiger partial charge on any atom is 0.272 e. The number of pyridine rings is 1. The summed E-state index contributed by atoms with van der Waals surface area (Å²) in [4.78, 5) is 21.2. The summed E-state index contributed by atoms with van der Waals surface area (Å²) in [6.07, 6.45) is 6.78. The smallest absolute Gasteiger partial charge is 0.272 e. The molecule has 1 aromatic heterocycles. The molecule has 0 atom stereocenters. The molecule has 1 amide bonds. The molecule has 5 heteroatoms. The summed E-state index contributed by atoms with van der Waals surface area (Å²) in [7, 11) is 0. The van der Waals surface area contributed by atoms with Crippen LogP contribution in [0.3, 0.4) is 0 Å². The zero-order valence-electron chi connectivity index (χ0n) is 11.6. The van der Waals surface area contributed by atoms with Crippen LogP contribution < -0.4 is 0 Å². The minimum Gasteiger partial charge on any atom is -0.336 e. The van der Waals surface area contributed by atoms with Gasteiger partial charge in [0.2, 0.25) is 0 Å². The highest BCUT2D eigenvalue weighted by Gasteiger charge is 2.28. The molecule has 0 aromatic carbocycles. The molecule has 2 heterocycles. The van der Waals surface area contributed by atoms with Crippen LogP contribution in [0.5, 0.6) is 0 Å². The molecular weight excluding hydrogens is 318 g/mol. The van der Waals surface area contributed by atoms with Crippen LogP contribution >= 0.6 is 15.9 Å². The maximum atomic E-state index is 12.5. The standard InChI is InChI=1S/C15H20BrN3O/c16-12-5-6-17-14(11-12)15(20)19-8-2-7-18(9-10-19)13-3-1-4-13/h5-6,11,13H,1-4,7-10H2. The predicted molar refractivity (Wildman–Crippen MR) is 81.7 cm³/mol. The normalized spacial score (nSPS) is 21.4. The lowest BCUT2D eigenvalue weighted by Crippen LogP contribution is -2.42. The molecule has 20 heavy (non-hydrogen) atoms. The van der Waals surface area contributed by atoms with Crippen LogP contribution in [0, 0.1) is 0 Å². The Bertz CT molecular complexity index is 490. The van der Waals surface area contributed by atoms with Crippen molar-refractivity contribution in [3.63, 3.8) is 0 Å². The van der Waals surface area contributed by atoms with Gasteiger partial charge in [0.25, 0.3) is 5.91 Å². The highest BCUT2D eigenvalue weighted by atomic mass is 79.9. The predicted octanol–water partition coefficient (Wildman–Crippen LogP) is 2.54. The number of carbonyl (C=O) groups is 1. The van der Waals surface area contributed by atoms with Crippen molar-refractivity contribution in [1.29, 1.82) is 0 Å². The van der Waals surface area contributed by atoms with Crippen LogP contribution in [-0.2, 0) is 0 Å². The lowest BCUT2D eigenvalue weighted by atomic mass is 9.91. The van der Waals surface area contributed by atoms with E-state index < -0.39 is 0 Å². The fourth-order valence-corrected chi connectivity index (χ4v) is 3.28. The SMILES string of the molecule is O=C(c1cc(Br)ccn1)N1CCCN(C2CCC2)CC1. The Morgan fingerprint density at radius 1 is 1.20 bits per heavy atom. The Hall–Kier alpha value is -0.940. The number of aromatic nitrogens is 1. The number of carbonyl (C=O) groups excluding carboxylic acids is 1. The van der Waals surface area contributed by atoms with Crippen LogP contribution in [-0.4, -0.2) is 52.9 Å². The van der Waals surface area contributed by atoms with Crippen molar-refractivity contribution in [2.45, 2.75) is 31.7 Å². The lowest BCUT2D eigenvalue weighted by molar-refractivity contribution is 0.0743. The van der Waals surface area contributed by atoms with E-state index in [0.717, 1.165) is 43.1 Å². The molecule has 0 N–H and O–H groups in total. The van der Waals surface area contributed by atoms with Gasteiger partial charge in [0.05, 0.1) is 0 Å². The van der Waals surface area contributed by atoms with E-state index >= 15 is 0 Å². The average molecular weight is 338 g/mol. The minimum absolute atomic E-state index is 0.0572. The Kier molecular flexibility index (Phi) is 4.36. The zero-order valence-corrected chi connectivity index (χ0v) is 13.2. The molecule has 3 rings (SSSR count). The molecule has 0 spiro atoms. The van der Waals surface area contributed by atoms with E-state index in [4.69, 9.17) is 0 Å². The Morgan fingerprint density at radius 2 is 2.05 bits per heavy atom. The Balaban J connectivity index is 1.63. The maximum absolute atomic E-state index is 12.5. The summed E-state index contributed by atoms with van der Waals surface area (Å²) in [5.41, 5.74) is 0.538. The lowest BCUT2D eigenvalue weighted by Gasteiger charge is -2.36. The van der Waals surface area contributed by atoms with E-state index in [2.05, 4.69) is 25.8 Å². The first-order valence-corrected chi connectivity index (χ1v) is 8.18. The van der Waals surface area contributed by atoms with Gasteiger partial charge in [0, 0.05) is 42.9 Å². The highest BCUT2D eigenvalue weighted by molar-refractivity contribution is 9.10. The van der Waals surface area contributed by atoms with Crippen LogP contribution in [0.25, 0.3) is 0 Å². The first-order chi connectivity index (χ1) is 9.74. The second kappa shape index (κ2) is 6.22. The van der Waals surface area contributed by atoms with Crippen LogP contribution in [0.2, 0.25) is 0 Å². The Labute approximate surface area is 128 Å². The van der Waals surface area contributed by atoms with Crippen LogP contribution in [0.15, 0.2) is 22.8 Å². The molecule has 0 bridgehead atoms. The van der Waals surface area contributed by atoms with Gasteiger partial charge in [-0.25, -0.2) is 0 Å². The molecule has 4 nitrogen and oxygen atoms in total. The highest BCUT2D eigenvalue weighted by Crippen LogP contribution is 2.25. The summed E-state index contributed by atoms with van der Waals surface area (Å²) in [6.45, 7) is 3.80. The van der Waals surface area contributed by atoms with Gasteiger partial charge in [-0.3, -0.25) is 14.7 Å². The van der Waals surface area contributed by atoms with Gasteiger partial charge in [-0.1, -0.05) is 22.4 Å².